The van der Waals surface area contributed by atoms with E-state index < -0.39 is 17.0 Å². The van der Waals surface area contributed by atoms with Crippen LogP contribution in [0.25, 0.3) is 0 Å². The summed E-state index contributed by atoms with van der Waals surface area (Å²) in [5.41, 5.74) is 5.78. The minimum Gasteiger partial charge on any atom is -0.494 e. The average molecular weight is 241 g/mol. The summed E-state index contributed by atoms with van der Waals surface area (Å²) in [6.07, 6.45) is 3.69. The van der Waals surface area contributed by atoms with Crippen molar-refractivity contribution < 1.29 is 13.5 Å². The van der Waals surface area contributed by atoms with E-state index in [9.17, 15) is 8.78 Å². The molecule has 0 saturated heterocycles. The predicted molar refractivity (Wildman–Crippen MR) is 62.1 cm³/mol. The van der Waals surface area contributed by atoms with E-state index in [0.717, 1.165) is 31.7 Å². The second-order valence-electron chi connectivity index (χ2n) is 4.66. The number of halogens is 2. The molecule has 0 atom stereocenters. The van der Waals surface area contributed by atoms with E-state index in [2.05, 4.69) is 0 Å². The largest absolute Gasteiger partial charge is 0.494 e. The molecule has 0 aromatic heterocycles. The van der Waals surface area contributed by atoms with Gasteiger partial charge in [-0.25, -0.2) is 8.78 Å². The average Bonchev–Trinajstić information content (AvgIpc) is 2.81. The number of rotatable bonds is 3. The van der Waals surface area contributed by atoms with Gasteiger partial charge in [0.05, 0.1) is 7.11 Å². The number of hydrogen-bond acceptors (Lipinski definition) is 2. The highest BCUT2D eigenvalue weighted by atomic mass is 19.1. The van der Waals surface area contributed by atoms with E-state index in [4.69, 9.17) is 10.5 Å². The minimum atomic E-state index is -0.524. The van der Waals surface area contributed by atoms with Gasteiger partial charge in [-0.15, -0.1) is 0 Å². The standard InChI is InChI=1S/C13H17F2NO/c1-17-12-7-10(14)9(6-11(12)15)13(8-16)4-2-3-5-13/h6-7H,2-5,8,16H2,1H3. The first-order valence-corrected chi connectivity index (χ1v) is 5.86. The topological polar surface area (TPSA) is 35.2 Å². The monoisotopic (exact) mass is 241 g/mol. The van der Waals surface area contributed by atoms with Gasteiger partial charge in [0, 0.05) is 18.0 Å². The lowest BCUT2D eigenvalue weighted by molar-refractivity contribution is 0.373. The third-order valence-corrected chi connectivity index (χ3v) is 3.76. The summed E-state index contributed by atoms with van der Waals surface area (Å²) < 4.78 is 32.4. The molecule has 2 rings (SSSR count). The number of methoxy groups -OCH3 is 1. The zero-order valence-electron chi connectivity index (χ0n) is 9.93. The van der Waals surface area contributed by atoms with Crippen molar-refractivity contribution in [3.63, 3.8) is 0 Å². The Morgan fingerprint density at radius 2 is 1.88 bits per heavy atom. The molecule has 2 N–H and O–H groups in total. The first kappa shape index (κ1) is 12.3. The molecule has 0 heterocycles. The fourth-order valence-electron chi connectivity index (χ4n) is 2.73. The molecule has 4 heteroatoms. The van der Waals surface area contributed by atoms with Crippen molar-refractivity contribution in [1.29, 1.82) is 0 Å². The normalized spacial score (nSPS) is 18.4. The van der Waals surface area contributed by atoms with Crippen molar-refractivity contribution in [1.82, 2.24) is 0 Å². The highest BCUT2D eigenvalue weighted by Gasteiger charge is 2.37. The van der Waals surface area contributed by atoms with Crippen LogP contribution in [-0.2, 0) is 5.41 Å². The van der Waals surface area contributed by atoms with Gasteiger partial charge in [-0.2, -0.15) is 0 Å². The van der Waals surface area contributed by atoms with Crippen LogP contribution in [0.4, 0.5) is 8.78 Å². The molecule has 1 aliphatic rings. The molecule has 17 heavy (non-hydrogen) atoms. The minimum absolute atomic E-state index is 0.0589. The Balaban J connectivity index is 2.47. The van der Waals surface area contributed by atoms with Crippen molar-refractivity contribution in [3.8, 4) is 5.75 Å². The summed E-state index contributed by atoms with van der Waals surface area (Å²) in [6.45, 7) is 0.357. The predicted octanol–water partition coefficient (Wildman–Crippen LogP) is 2.74. The fourth-order valence-corrected chi connectivity index (χ4v) is 2.73. The molecular weight excluding hydrogens is 224 g/mol. The smallest absolute Gasteiger partial charge is 0.165 e. The molecule has 1 aromatic rings. The highest BCUT2D eigenvalue weighted by molar-refractivity contribution is 5.36. The number of hydrogen-bond donors (Lipinski definition) is 1. The van der Waals surface area contributed by atoms with Crippen LogP contribution in [0.15, 0.2) is 12.1 Å². The summed E-state index contributed by atoms with van der Waals surface area (Å²) in [6, 6.07) is 2.35. The fraction of sp³-hybridized carbons (Fsp3) is 0.538. The van der Waals surface area contributed by atoms with E-state index in [0.29, 0.717) is 12.1 Å². The van der Waals surface area contributed by atoms with E-state index in [1.807, 2.05) is 0 Å². The summed E-state index contributed by atoms with van der Waals surface area (Å²) in [5, 5.41) is 0. The van der Waals surface area contributed by atoms with Crippen LogP contribution in [0.3, 0.4) is 0 Å². The van der Waals surface area contributed by atoms with Gasteiger partial charge in [0.2, 0.25) is 0 Å². The molecular formula is C13H17F2NO. The molecule has 1 saturated carbocycles. The number of ether oxygens (including phenoxy) is 1. The Labute approximate surface area is 99.8 Å². The van der Waals surface area contributed by atoms with Gasteiger partial charge in [0.1, 0.15) is 5.82 Å². The third-order valence-electron chi connectivity index (χ3n) is 3.76. The number of benzene rings is 1. The van der Waals surface area contributed by atoms with Crippen molar-refractivity contribution in [2.24, 2.45) is 5.73 Å². The molecule has 2 nitrogen and oxygen atoms in total. The SMILES string of the molecule is COc1cc(F)c(C2(CN)CCCC2)cc1F. The molecule has 0 aliphatic heterocycles. The molecule has 0 amide bonds. The van der Waals surface area contributed by atoms with Crippen LogP contribution in [0.2, 0.25) is 0 Å². The molecule has 1 aromatic carbocycles. The van der Waals surface area contributed by atoms with E-state index in [-0.39, 0.29) is 5.75 Å². The van der Waals surface area contributed by atoms with Gasteiger partial charge in [0.15, 0.2) is 11.6 Å². The zero-order chi connectivity index (χ0) is 12.5. The van der Waals surface area contributed by atoms with Gasteiger partial charge in [-0.3, -0.25) is 0 Å². The van der Waals surface area contributed by atoms with Crippen molar-refractivity contribution in [2.75, 3.05) is 13.7 Å². The highest BCUT2D eigenvalue weighted by Crippen LogP contribution is 2.42. The van der Waals surface area contributed by atoms with Crippen molar-refractivity contribution in [3.05, 3.63) is 29.3 Å². The van der Waals surface area contributed by atoms with Crippen LogP contribution in [-0.4, -0.2) is 13.7 Å². The summed E-state index contributed by atoms with van der Waals surface area (Å²) in [4.78, 5) is 0. The summed E-state index contributed by atoms with van der Waals surface area (Å²) >= 11 is 0. The van der Waals surface area contributed by atoms with Gasteiger partial charge in [-0.05, 0) is 24.5 Å². The van der Waals surface area contributed by atoms with Gasteiger partial charge in [0.25, 0.3) is 0 Å². The van der Waals surface area contributed by atoms with E-state index >= 15 is 0 Å². The molecule has 0 bridgehead atoms. The lowest BCUT2D eigenvalue weighted by Crippen LogP contribution is -2.33. The van der Waals surface area contributed by atoms with Gasteiger partial charge in [-0.1, -0.05) is 12.8 Å². The van der Waals surface area contributed by atoms with E-state index in [1.165, 1.54) is 13.2 Å². The molecule has 94 valence electrons. The Bertz CT molecular complexity index is 414. The van der Waals surface area contributed by atoms with Crippen LogP contribution >= 0.6 is 0 Å². The maximum absolute atomic E-state index is 14.0. The van der Waals surface area contributed by atoms with Crippen LogP contribution in [0.5, 0.6) is 5.75 Å². The third kappa shape index (κ3) is 2.02. The zero-order valence-corrected chi connectivity index (χ0v) is 9.93. The molecule has 0 unspecified atom stereocenters. The Hall–Kier alpha value is -1.16. The second-order valence-corrected chi connectivity index (χ2v) is 4.66. The lowest BCUT2D eigenvalue weighted by Gasteiger charge is -2.28. The lowest BCUT2D eigenvalue weighted by atomic mass is 9.78. The number of nitrogens with two attached hydrogens (primary N) is 1. The van der Waals surface area contributed by atoms with Gasteiger partial charge < -0.3 is 10.5 Å². The summed E-state index contributed by atoms with van der Waals surface area (Å²) in [5.74, 6) is -1.00. The van der Waals surface area contributed by atoms with Crippen LogP contribution in [0, 0.1) is 11.6 Å². The maximum Gasteiger partial charge on any atom is 0.165 e. The Morgan fingerprint density at radius 3 is 2.41 bits per heavy atom. The second kappa shape index (κ2) is 4.61. The Kier molecular flexibility index (Phi) is 3.33. The van der Waals surface area contributed by atoms with Crippen LogP contribution < -0.4 is 10.5 Å². The maximum atomic E-state index is 14.0. The molecule has 1 aliphatic carbocycles. The molecule has 0 radical (unpaired) electrons. The molecule has 0 spiro atoms. The first-order valence-electron chi connectivity index (χ1n) is 5.86. The van der Waals surface area contributed by atoms with E-state index in [1.54, 1.807) is 0 Å². The Morgan fingerprint density at radius 1 is 1.24 bits per heavy atom. The van der Waals surface area contributed by atoms with Gasteiger partial charge >= 0.3 is 0 Å². The van der Waals surface area contributed by atoms with Crippen molar-refractivity contribution >= 4 is 0 Å². The molecule has 1 fully saturated rings. The summed E-state index contributed by atoms with van der Waals surface area (Å²) in [7, 11) is 1.33. The first-order chi connectivity index (χ1) is 8.13. The van der Waals surface area contributed by atoms with Crippen molar-refractivity contribution in [2.45, 2.75) is 31.1 Å². The van der Waals surface area contributed by atoms with Crippen LogP contribution in [0.1, 0.15) is 31.2 Å². The quantitative estimate of drug-likeness (QED) is 0.883.